The van der Waals surface area contributed by atoms with Crippen LogP contribution < -0.4 is 5.32 Å². The first-order chi connectivity index (χ1) is 9.91. The molecule has 108 valence electrons. The molecule has 2 rings (SSSR count). The minimum absolute atomic E-state index is 0.102. The van der Waals surface area contributed by atoms with Crippen molar-refractivity contribution in [3.63, 3.8) is 0 Å². The average Bonchev–Trinajstić information content (AvgIpc) is 2.37. The fraction of sp³-hybridized carbons (Fsp3) is 0. The molecule has 4 nitrogen and oxygen atoms in total. The molecule has 0 bridgehead atoms. The number of carbonyl (C=O) groups excluding carboxylic acids is 1. The van der Waals surface area contributed by atoms with Crippen LogP contribution in [0.5, 0.6) is 0 Å². The highest BCUT2D eigenvalue weighted by Crippen LogP contribution is 2.25. The van der Waals surface area contributed by atoms with Gasteiger partial charge in [-0.15, -0.1) is 0 Å². The highest BCUT2D eigenvalue weighted by Gasteiger charge is 2.21. The largest absolute Gasteiger partial charge is 0.478 e. The molecule has 0 aromatic heterocycles. The van der Waals surface area contributed by atoms with Gasteiger partial charge in [-0.25, -0.2) is 13.6 Å². The Balaban J connectivity index is 2.42. The Morgan fingerprint density at radius 2 is 1.57 bits per heavy atom. The van der Waals surface area contributed by atoms with Crippen LogP contribution in [0.1, 0.15) is 20.7 Å². The number of hydrogen-bond donors (Lipinski definition) is 2. The molecule has 0 aliphatic heterocycles. The number of carboxylic acid groups (broad SMARTS) is 1. The number of hydrogen-bond acceptors (Lipinski definition) is 2. The molecule has 0 unspecified atom stereocenters. The van der Waals surface area contributed by atoms with Gasteiger partial charge < -0.3 is 10.4 Å². The SMILES string of the molecule is O=C(Nc1cccc(Cl)c1C(=O)O)c1c(F)cccc1F. The monoisotopic (exact) mass is 311 g/mol. The summed E-state index contributed by atoms with van der Waals surface area (Å²) in [4.78, 5) is 23.0. The number of rotatable bonds is 3. The Morgan fingerprint density at radius 1 is 1.00 bits per heavy atom. The van der Waals surface area contributed by atoms with E-state index in [-0.39, 0.29) is 16.3 Å². The van der Waals surface area contributed by atoms with E-state index >= 15 is 0 Å². The zero-order valence-corrected chi connectivity index (χ0v) is 11.1. The molecule has 1 amide bonds. The highest BCUT2D eigenvalue weighted by atomic mass is 35.5. The van der Waals surface area contributed by atoms with Crippen molar-refractivity contribution in [1.29, 1.82) is 0 Å². The van der Waals surface area contributed by atoms with Gasteiger partial charge in [-0.05, 0) is 24.3 Å². The molecule has 0 saturated heterocycles. The lowest BCUT2D eigenvalue weighted by atomic mass is 10.1. The third-order valence-electron chi connectivity index (χ3n) is 2.67. The number of carbonyl (C=O) groups is 2. The molecule has 0 spiro atoms. The van der Waals surface area contributed by atoms with E-state index in [4.69, 9.17) is 16.7 Å². The number of benzene rings is 2. The summed E-state index contributed by atoms with van der Waals surface area (Å²) in [7, 11) is 0. The predicted molar refractivity (Wildman–Crippen MR) is 72.7 cm³/mol. The molecule has 0 heterocycles. The molecule has 0 fully saturated rings. The molecule has 0 saturated carbocycles. The summed E-state index contributed by atoms with van der Waals surface area (Å²) in [6.45, 7) is 0. The van der Waals surface area contributed by atoms with Gasteiger partial charge >= 0.3 is 5.97 Å². The lowest BCUT2D eigenvalue weighted by Crippen LogP contribution is -2.18. The van der Waals surface area contributed by atoms with E-state index in [0.717, 1.165) is 18.2 Å². The first kappa shape index (κ1) is 14.9. The summed E-state index contributed by atoms with van der Waals surface area (Å²) in [6.07, 6.45) is 0. The van der Waals surface area contributed by atoms with Crippen LogP contribution in [0.4, 0.5) is 14.5 Å². The third kappa shape index (κ3) is 3.00. The van der Waals surface area contributed by atoms with E-state index in [1.807, 2.05) is 0 Å². The van der Waals surface area contributed by atoms with Crippen LogP contribution in [-0.2, 0) is 0 Å². The van der Waals surface area contributed by atoms with Crippen molar-refractivity contribution < 1.29 is 23.5 Å². The molecule has 0 atom stereocenters. The van der Waals surface area contributed by atoms with E-state index < -0.39 is 29.1 Å². The summed E-state index contributed by atoms with van der Waals surface area (Å²) < 4.78 is 27.0. The maximum atomic E-state index is 13.5. The smallest absolute Gasteiger partial charge is 0.339 e. The van der Waals surface area contributed by atoms with Crippen LogP contribution in [-0.4, -0.2) is 17.0 Å². The molecule has 21 heavy (non-hydrogen) atoms. The summed E-state index contributed by atoms with van der Waals surface area (Å²) in [5, 5.41) is 11.1. The van der Waals surface area contributed by atoms with E-state index in [0.29, 0.717) is 0 Å². The minimum Gasteiger partial charge on any atom is -0.478 e. The Bertz CT molecular complexity index is 714. The first-order valence-corrected chi connectivity index (χ1v) is 6.06. The predicted octanol–water partition coefficient (Wildman–Crippen LogP) is 3.57. The normalized spacial score (nSPS) is 10.2. The Hall–Kier alpha value is -2.47. The van der Waals surface area contributed by atoms with Crippen molar-refractivity contribution in [1.82, 2.24) is 0 Å². The van der Waals surface area contributed by atoms with Crippen molar-refractivity contribution in [2.24, 2.45) is 0 Å². The average molecular weight is 312 g/mol. The van der Waals surface area contributed by atoms with Gasteiger partial charge in [0.1, 0.15) is 22.8 Å². The molecule has 2 N–H and O–H groups in total. The van der Waals surface area contributed by atoms with E-state index in [1.165, 1.54) is 18.2 Å². The minimum atomic E-state index is -1.37. The van der Waals surface area contributed by atoms with E-state index in [9.17, 15) is 18.4 Å². The highest BCUT2D eigenvalue weighted by molar-refractivity contribution is 6.34. The Morgan fingerprint density at radius 3 is 2.14 bits per heavy atom. The van der Waals surface area contributed by atoms with E-state index in [1.54, 1.807) is 0 Å². The number of carboxylic acids is 1. The molecule has 0 aliphatic carbocycles. The number of amides is 1. The molecular weight excluding hydrogens is 304 g/mol. The van der Waals surface area contributed by atoms with Gasteiger partial charge in [0.15, 0.2) is 0 Å². The molecule has 0 aliphatic rings. The second-order valence-corrected chi connectivity index (χ2v) is 4.43. The summed E-state index contributed by atoms with van der Waals surface area (Å²) >= 11 is 5.74. The van der Waals surface area contributed by atoms with Crippen molar-refractivity contribution in [2.75, 3.05) is 5.32 Å². The zero-order chi connectivity index (χ0) is 15.6. The van der Waals surface area contributed by atoms with Gasteiger partial charge in [-0.1, -0.05) is 23.7 Å². The second kappa shape index (κ2) is 5.88. The van der Waals surface area contributed by atoms with Gasteiger partial charge in [-0.2, -0.15) is 0 Å². The lowest BCUT2D eigenvalue weighted by Gasteiger charge is -2.10. The topological polar surface area (TPSA) is 66.4 Å². The molecule has 0 radical (unpaired) electrons. The number of aromatic carboxylic acids is 1. The van der Waals surface area contributed by atoms with Crippen LogP contribution in [0.25, 0.3) is 0 Å². The summed E-state index contributed by atoms with van der Waals surface area (Å²) in [5.41, 5.74) is -1.30. The van der Waals surface area contributed by atoms with Crippen molar-refractivity contribution in [2.45, 2.75) is 0 Å². The second-order valence-electron chi connectivity index (χ2n) is 4.02. The van der Waals surface area contributed by atoms with Gasteiger partial charge in [0.05, 0.1) is 10.7 Å². The number of halogens is 3. The van der Waals surface area contributed by atoms with Gasteiger partial charge in [0.2, 0.25) is 0 Å². The van der Waals surface area contributed by atoms with Crippen molar-refractivity contribution >= 4 is 29.2 Å². The maximum absolute atomic E-state index is 13.5. The van der Waals surface area contributed by atoms with Crippen molar-refractivity contribution in [3.05, 3.63) is 64.2 Å². The number of anilines is 1. The molecule has 2 aromatic carbocycles. The van der Waals surface area contributed by atoms with Crippen LogP contribution >= 0.6 is 11.6 Å². The van der Waals surface area contributed by atoms with E-state index in [2.05, 4.69) is 5.32 Å². The third-order valence-corrected chi connectivity index (χ3v) is 2.98. The lowest BCUT2D eigenvalue weighted by molar-refractivity contribution is 0.0698. The maximum Gasteiger partial charge on any atom is 0.339 e. The molecular formula is C14H8ClF2NO3. The first-order valence-electron chi connectivity index (χ1n) is 5.69. The van der Waals surface area contributed by atoms with Crippen molar-refractivity contribution in [3.8, 4) is 0 Å². The van der Waals surface area contributed by atoms with Crippen LogP contribution in [0.2, 0.25) is 5.02 Å². The summed E-state index contributed by atoms with van der Waals surface area (Å²) in [6, 6.07) is 6.96. The fourth-order valence-electron chi connectivity index (χ4n) is 1.75. The van der Waals surface area contributed by atoms with Crippen LogP contribution in [0.15, 0.2) is 36.4 Å². The Labute approximate surface area is 123 Å². The molecule has 7 heteroatoms. The van der Waals surface area contributed by atoms with Gasteiger partial charge in [0, 0.05) is 0 Å². The zero-order valence-electron chi connectivity index (χ0n) is 10.4. The fourth-order valence-corrected chi connectivity index (χ4v) is 2.00. The standard InChI is InChI=1S/C14H8ClF2NO3/c15-7-3-1-6-10(11(7)14(20)21)18-13(19)12-8(16)4-2-5-9(12)17/h1-6H,(H,18,19)(H,20,21). The summed E-state index contributed by atoms with van der Waals surface area (Å²) in [5.74, 6) is -4.57. The quantitative estimate of drug-likeness (QED) is 0.910. The van der Waals surface area contributed by atoms with Gasteiger partial charge in [-0.3, -0.25) is 4.79 Å². The van der Waals surface area contributed by atoms with Crippen LogP contribution in [0.3, 0.4) is 0 Å². The number of nitrogens with one attached hydrogen (secondary N) is 1. The Kier molecular flexibility index (Phi) is 4.18. The van der Waals surface area contributed by atoms with Gasteiger partial charge in [0.25, 0.3) is 5.91 Å². The molecule has 2 aromatic rings. The van der Waals surface area contributed by atoms with Crippen LogP contribution in [0, 0.1) is 11.6 Å².